The zero-order valence-electron chi connectivity index (χ0n) is 25.5. The van der Waals surface area contributed by atoms with Crippen LogP contribution in [-0.4, -0.2) is 24.8 Å². The Morgan fingerprint density at radius 2 is 1.05 bits per heavy atom. The second kappa shape index (κ2) is 18.6. The summed E-state index contributed by atoms with van der Waals surface area (Å²) in [6.45, 7) is 2.26. The van der Waals surface area contributed by atoms with Gasteiger partial charge in [0.1, 0.15) is 5.78 Å². The molecule has 0 aliphatic rings. The molecule has 1 atom stereocenters. The van der Waals surface area contributed by atoms with E-state index < -0.39 is 0 Å². The minimum Gasteiger partial charge on any atom is -0.303 e. The smallest absolute Gasteiger partial charge is 0.137 e. The Morgan fingerprint density at radius 3 is 1.60 bits per heavy atom. The SMILES string of the molecule is CC(c1ccc(CCCCCCCCCCCCCCC(=O)Cc2ccc(-c3ccccc3)cc2)cc1)N(C)C. The number of aryl methyl sites for hydroxylation is 1. The highest BCUT2D eigenvalue weighted by molar-refractivity contribution is 5.81. The van der Waals surface area contributed by atoms with Gasteiger partial charge in [0.15, 0.2) is 0 Å². The van der Waals surface area contributed by atoms with Gasteiger partial charge in [-0.15, -0.1) is 0 Å². The number of benzene rings is 3. The molecule has 0 spiro atoms. The van der Waals surface area contributed by atoms with Gasteiger partial charge in [-0.05, 0) is 68.1 Å². The summed E-state index contributed by atoms with van der Waals surface area (Å²) >= 11 is 0. The van der Waals surface area contributed by atoms with E-state index in [2.05, 4.69) is 98.7 Å². The fourth-order valence-corrected chi connectivity index (χ4v) is 5.44. The molecule has 0 heterocycles. The third-order valence-corrected chi connectivity index (χ3v) is 8.37. The van der Waals surface area contributed by atoms with E-state index in [-0.39, 0.29) is 0 Å². The molecule has 0 aliphatic heterocycles. The minimum absolute atomic E-state index is 0.375. The van der Waals surface area contributed by atoms with E-state index in [4.69, 9.17) is 0 Å². The average Bonchev–Trinajstić information content (AvgIpc) is 2.98. The van der Waals surface area contributed by atoms with Crippen LogP contribution in [0.25, 0.3) is 11.1 Å². The van der Waals surface area contributed by atoms with Crippen molar-refractivity contribution in [3.8, 4) is 11.1 Å². The molecular formula is C38H53NO. The van der Waals surface area contributed by atoms with Crippen LogP contribution >= 0.6 is 0 Å². The molecule has 0 fully saturated rings. The lowest BCUT2D eigenvalue weighted by Crippen LogP contribution is -2.16. The van der Waals surface area contributed by atoms with Crippen molar-refractivity contribution in [2.75, 3.05) is 14.1 Å². The molecule has 0 amide bonds. The predicted molar refractivity (Wildman–Crippen MR) is 173 cm³/mol. The molecule has 3 aromatic rings. The lowest BCUT2D eigenvalue weighted by molar-refractivity contribution is -0.118. The van der Waals surface area contributed by atoms with Crippen LogP contribution in [0.5, 0.6) is 0 Å². The third-order valence-electron chi connectivity index (χ3n) is 8.37. The molecule has 3 rings (SSSR count). The Bertz CT molecular complexity index is 1070. The second-order valence-electron chi connectivity index (χ2n) is 11.9. The second-order valence-corrected chi connectivity index (χ2v) is 11.9. The van der Waals surface area contributed by atoms with Crippen LogP contribution in [0.15, 0.2) is 78.9 Å². The monoisotopic (exact) mass is 539 g/mol. The van der Waals surface area contributed by atoms with Crippen molar-refractivity contribution in [1.29, 1.82) is 0 Å². The van der Waals surface area contributed by atoms with Crippen LogP contribution < -0.4 is 0 Å². The number of hydrogen-bond acceptors (Lipinski definition) is 2. The van der Waals surface area contributed by atoms with E-state index in [1.54, 1.807) is 0 Å². The number of ketones is 1. The molecule has 0 radical (unpaired) electrons. The number of carbonyl (C=O) groups is 1. The molecular weight excluding hydrogens is 486 g/mol. The minimum atomic E-state index is 0.375. The van der Waals surface area contributed by atoms with E-state index in [0.29, 0.717) is 18.2 Å². The van der Waals surface area contributed by atoms with Gasteiger partial charge in [0.05, 0.1) is 0 Å². The van der Waals surface area contributed by atoms with Crippen molar-refractivity contribution < 1.29 is 4.79 Å². The molecule has 1 unspecified atom stereocenters. The molecule has 0 aliphatic carbocycles. The van der Waals surface area contributed by atoms with Gasteiger partial charge in [-0.3, -0.25) is 4.79 Å². The Hall–Kier alpha value is -2.71. The number of carbonyl (C=O) groups excluding carboxylic acids is 1. The molecule has 2 nitrogen and oxygen atoms in total. The zero-order chi connectivity index (χ0) is 28.4. The molecule has 2 heteroatoms. The number of unbranched alkanes of at least 4 members (excludes halogenated alkanes) is 11. The number of Topliss-reactive ketones (excluding diaryl/α,β-unsaturated/α-hetero) is 1. The van der Waals surface area contributed by atoms with Gasteiger partial charge in [0, 0.05) is 18.9 Å². The highest BCUT2D eigenvalue weighted by Gasteiger charge is 2.07. The quantitative estimate of drug-likeness (QED) is 0.133. The summed E-state index contributed by atoms with van der Waals surface area (Å²) in [6.07, 6.45) is 18.2. The Kier molecular flexibility index (Phi) is 14.8. The largest absolute Gasteiger partial charge is 0.303 e. The average molecular weight is 540 g/mol. The number of hydrogen-bond donors (Lipinski definition) is 0. The molecule has 0 N–H and O–H groups in total. The van der Waals surface area contributed by atoms with Crippen molar-refractivity contribution in [2.24, 2.45) is 0 Å². The first kappa shape index (κ1) is 31.8. The normalized spacial score (nSPS) is 12.1. The fraction of sp³-hybridized carbons (Fsp3) is 0.500. The molecule has 0 bridgehead atoms. The van der Waals surface area contributed by atoms with Gasteiger partial charge >= 0.3 is 0 Å². The number of rotatable bonds is 20. The van der Waals surface area contributed by atoms with Crippen LogP contribution in [0.2, 0.25) is 0 Å². The van der Waals surface area contributed by atoms with Crippen LogP contribution in [0.1, 0.15) is 113 Å². The first-order chi connectivity index (χ1) is 19.5. The maximum absolute atomic E-state index is 12.4. The van der Waals surface area contributed by atoms with Crippen molar-refractivity contribution in [2.45, 2.75) is 109 Å². The highest BCUT2D eigenvalue weighted by atomic mass is 16.1. The molecule has 216 valence electrons. The van der Waals surface area contributed by atoms with Gasteiger partial charge in [0.2, 0.25) is 0 Å². The van der Waals surface area contributed by atoms with Gasteiger partial charge in [-0.2, -0.15) is 0 Å². The van der Waals surface area contributed by atoms with E-state index in [1.807, 2.05) is 6.07 Å². The molecule has 0 saturated heterocycles. The van der Waals surface area contributed by atoms with Crippen molar-refractivity contribution in [3.05, 3.63) is 95.6 Å². The summed E-state index contributed by atoms with van der Waals surface area (Å²) in [6, 6.07) is 28.6. The Balaban J connectivity index is 1.10. The molecule has 40 heavy (non-hydrogen) atoms. The Labute approximate surface area is 245 Å². The van der Waals surface area contributed by atoms with E-state index in [0.717, 1.165) is 18.4 Å². The standard InChI is InChI=1S/C38H53NO/c1-32(39(2)3)35-27-23-33(24-28-35)19-15-12-10-8-6-4-5-7-9-11-13-18-22-38(40)31-34-25-29-37(30-26-34)36-20-16-14-17-21-36/h14,16-17,20-21,23-30,32H,4-13,15,18-19,22,31H2,1-3H3. The van der Waals surface area contributed by atoms with E-state index >= 15 is 0 Å². The zero-order valence-corrected chi connectivity index (χ0v) is 25.5. The van der Waals surface area contributed by atoms with E-state index in [9.17, 15) is 4.79 Å². The molecule has 3 aromatic carbocycles. The number of nitrogens with zero attached hydrogens (tertiary/aromatic N) is 1. The summed E-state index contributed by atoms with van der Waals surface area (Å²) in [4.78, 5) is 14.7. The lowest BCUT2D eigenvalue weighted by atomic mass is 9.99. The molecule has 0 saturated carbocycles. The first-order valence-electron chi connectivity index (χ1n) is 15.9. The van der Waals surface area contributed by atoms with Gasteiger partial charge < -0.3 is 4.90 Å². The van der Waals surface area contributed by atoms with Gasteiger partial charge in [-0.25, -0.2) is 0 Å². The topological polar surface area (TPSA) is 20.3 Å². The van der Waals surface area contributed by atoms with Crippen LogP contribution in [0.4, 0.5) is 0 Å². The third kappa shape index (κ3) is 12.2. The summed E-state index contributed by atoms with van der Waals surface area (Å²) in [5, 5.41) is 0. The maximum atomic E-state index is 12.4. The van der Waals surface area contributed by atoms with Crippen molar-refractivity contribution in [1.82, 2.24) is 4.90 Å². The summed E-state index contributed by atoms with van der Waals surface area (Å²) in [5.74, 6) is 0.375. The van der Waals surface area contributed by atoms with Crippen LogP contribution in [-0.2, 0) is 17.6 Å². The van der Waals surface area contributed by atoms with Crippen LogP contribution in [0.3, 0.4) is 0 Å². The maximum Gasteiger partial charge on any atom is 0.137 e. The predicted octanol–water partition coefficient (Wildman–Crippen LogP) is 10.4. The van der Waals surface area contributed by atoms with Crippen LogP contribution in [0, 0.1) is 0 Å². The fourth-order valence-electron chi connectivity index (χ4n) is 5.44. The summed E-state index contributed by atoms with van der Waals surface area (Å²) in [5.41, 5.74) is 6.44. The van der Waals surface area contributed by atoms with Gasteiger partial charge in [-0.1, -0.05) is 143 Å². The van der Waals surface area contributed by atoms with Crippen molar-refractivity contribution >= 4 is 5.78 Å². The first-order valence-corrected chi connectivity index (χ1v) is 15.9. The van der Waals surface area contributed by atoms with E-state index in [1.165, 1.54) is 99.3 Å². The Morgan fingerprint density at radius 1 is 0.575 bits per heavy atom. The molecule has 0 aromatic heterocycles. The summed E-state index contributed by atoms with van der Waals surface area (Å²) < 4.78 is 0. The lowest BCUT2D eigenvalue weighted by Gasteiger charge is -2.20. The highest BCUT2D eigenvalue weighted by Crippen LogP contribution is 2.21. The van der Waals surface area contributed by atoms with Gasteiger partial charge in [0.25, 0.3) is 0 Å². The summed E-state index contributed by atoms with van der Waals surface area (Å²) in [7, 11) is 4.28. The van der Waals surface area contributed by atoms with Crippen molar-refractivity contribution in [3.63, 3.8) is 0 Å².